The van der Waals surface area contributed by atoms with Gasteiger partial charge in [-0.1, -0.05) is 6.07 Å². The van der Waals surface area contributed by atoms with Gasteiger partial charge < -0.3 is 9.88 Å². The van der Waals surface area contributed by atoms with Crippen molar-refractivity contribution in [1.29, 1.82) is 0 Å². The van der Waals surface area contributed by atoms with E-state index in [4.69, 9.17) is 0 Å². The van der Waals surface area contributed by atoms with E-state index < -0.39 is 10.0 Å². The van der Waals surface area contributed by atoms with Crippen LogP contribution in [0.3, 0.4) is 0 Å². The molecule has 0 aliphatic rings. The molecule has 1 aromatic heterocycles. The number of rotatable bonds is 6. The summed E-state index contributed by atoms with van der Waals surface area (Å²) in [7, 11) is -0.273. The number of hydrogen-bond acceptors (Lipinski definition) is 4. The lowest BCUT2D eigenvalue weighted by Crippen LogP contribution is -2.29. The minimum absolute atomic E-state index is 0.0372. The lowest BCUT2D eigenvalue weighted by molar-refractivity contribution is 0.0943. The fourth-order valence-electron chi connectivity index (χ4n) is 3.54. The van der Waals surface area contributed by atoms with Crippen molar-refractivity contribution in [3.63, 3.8) is 0 Å². The molecule has 1 N–H and O–H groups in total. The Morgan fingerprint density at radius 2 is 1.74 bits per heavy atom. The minimum Gasteiger partial charge on any atom is -0.350 e. The number of amides is 1. The van der Waals surface area contributed by atoms with Crippen molar-refractivity contribution in [3.05, 3.63) is 58.4 Å². The van der Waals surface area contributed by atoms with Crippen LogP contribution < -0.4 is 5.32 Å². The first-order chi connectivity index (χ1) is 14.4. The molecule has 0 spiro atoms. The molecule has 0 radical (unpaired) electrons. The van der Waals surface area contributed by atoms with Crippen LogP contribution in [0.5, 0.6) is 0 Å². The van der Waals surface area contributed by atoms with Crippen molar-refractivity contribution in [2.75, 3.05) is 7.05 Å². The number of carbonyl (C=O) groups is 1. The standard InChI is InChI=1S/C23H30N4O3S/c1-14(2)24-23(28)18-8-9-20-19(12-18)25-22(27(20)7)13-26(6)31(29,30)21-11-16(4)15(3)10-17(21)5/h8-12,14H,13H2,1-7H3,(H,24,28). The first kappa shape index (κ1) is 23.0. The van der Waals surface area contributed by atoms with Crippen LogP contribution in [0.1, 0.15) is 46.7 Å². The van der Waals surface area contributed by atoms with Gasteiger partial charge in [0, 0.05) is 25.7 Å². The van der Waals surface area contributed by atoms with E-state index in [9.17, 15) is 13.2 Å². The van der Waals surface area contributed by atoms with Crippen LogP contribution >= 0.6 is 0 Å². The second-order valence-electron chi connectivity index (χ2n) is 8.38. The Morgan fingerprint density at radius 3 is 2.39 bits per heavy atom. The van der Waals surface area contributed by atoms with Gasteiger partial charge in [-0.3, -0.25) is 4.79 Å². The summed E-state index contributed by atoms with van der Waals surface area (Å²) in [5.41, 5.74) is 4.74. The normalized spacial score (nSPS) is 12.2. The molecule has 7 nitrogen and oxygen atoms in total. The van der Waals surface area contributed by atoms with Gasteiger partial charge in [0.05, 0.1) is 22.5 Å². The van der Waals surface area contributed by atoms with Crippen molar-refractivity contribution < 1.29 is 13.2 Å². The molecule has 0 unspecified atom stereocenters. The number of imidazole rings is 1. The number of nitrogens with one attached hydrogen (secondary N) is 1. The quantitative estimate of drug-likeness (QED) is 0.634. The fourth-order valence-corrected chi connectivity index (χ4v) is 4.95. The van der Waals surface area contributed by atoms with Gasteiger partial charge in [0.2, 0.25) is 10.0 Å². The van der Waals surface area contributed by atoms with E-state index in [0.717, 1.165) is 22.2 Å². The topological polar surface area (TPSA) is 84.3 Å². The summed E-state index contributed by atoms with van der Waals surface area (Å²) < 4.78 is 29.6. The van der Waals surface area contributed by atoms with Crippen LogP contribution in [-0.4, -0.2) is 41.3 Å². The first-order valence-corrected chi connectivity index (χ1v) is 11.7. The van der Waals surface area contributed by atoms with Crippen molar-refractivity contribution >= 4 is 27.0 Å². The molecule has 0 bridgehead atoms. The van der Waals surface area contributed by atoms with Gasteiger partial charge in [-0.25, -0.2) is 13.4 Å². The van der Waals surface area contributed by atoms with Crippen molar-refractivity contribution in [2.45, 2.75) is 52.1 Å². The predicted molar refractivity (Wildman–Crippen MR) is 123 cm³/mol. The van der Waals surface area contributed by atoms with E-state index >= 15 is 0 Å². The minimum atomic E-state index is -3.68. The first-order valence-electron chi connectivity index (χ1n) is 10.2. The highest BCUT2D eigenvalue weighted by atomic mass is 32.2. The Kier molecular flexibility index (Phi) is 6.25. The second-order valence-corrected chi connectivity index (χ2v) is 10.4. The molecule has 2 aromatic carbocycles. The highest BCUT2D eigenvalue weighted by Crippen LogP contribution is 2.25. The van der Waals surface area contributed by atoms with Gasteiger partial charge >= 0.3 is 0 Å². The lowest BCUT2D eigenvalue weighted by Gasteiger charge is -2.19. The number of nitrogens with zero attached hydrogens (tertiary/aromatic N) is 3. The maximum absolute atomic E-state index is 13.2. The van der Waals surface area contributed by atoms with Crippen LogP contribution in [0.25, 0.3) is 11.0 Å². The summed E-state index contributed by atoms with van der Waals surface area (Å²) >= 11 is 0. The van der Waals surface area contributed by atoms with Crippen LogP contribution in [0.4, 0.5) is 0 Å². The molecule has 0 saturated carbocycles. The Hall–Kier alpha value is -2.71. The van der Waals surface area contributed by atoms with E-state index in [2.05, 4.69) is 10.3 Å². The average molecular weight is 443 g/mol. The number of aryl methyl sites for hydroxylation is 4. The van der Waals surface area contributed by atoms with Gasteiger partial charge in [0.15, 0.2) is 0 Å². The third kappa shape index (κ3) is 4.50. The third-order valence-corrected chi connectivity index (χ3v) is 7.44. The molecule has 8 heteroatoms. The molecule has 0 saturated heterocycles. The molecule has 3 aromatic rings. The number of carbonyl (C=O) groups excluding carboxylic acids is 1. The van der Waals surface area contributed by atoms with E-state index in [1.807, 2.05) is 58.4 Å². The molecule has 0 atom stereocenters. The number of fused-ring (bicyclic) bond motifs is 1. The Labute approximate surface area is 184 Å². The summed E-state index contributed by atoms with van der Waals surface area (Å²) in [5, 5.41) is 2.87. The zero-order valence-electron chi connectivity index (χ0n) is 19.1. The predicted octanol–water partition coefficient (Wildman–Crippen LogP) is 3.46. The average Bonchev–Trinajstić information content (AvgIpc) is 2.98. The fraction of sp³-hybridized carbons (Fsp3) is 0.391. The SMILES string of the molecule is Cc1cc(C)c(S(=O)(=O)N(C)Cc2nc3cc(C(=O)NC(C)C)ccc3n2C)cc1C. The summed E-state index contributed by atoms with van der Waals surface area (Å²) in [6, 6.07) is 8.99. The molecule has 0 aliphatic heterocycles. The van der Waals surface area contributed by atoms with Gasteiger partial charge in [-0.15, -0.1) is 0 Å². The molecule has 166 valence electrons. The number of aromatic nitrogens is 2. The van der Waals surface area contributed by atoms with Crippen LogP contribution in [0.2, 0.25) is 0 Å². The Balaban J connectivity index is 1.93. The van der Waals surface area contributed by atoms with Crippen molar-refractivity contribution in [3.8, 4) is 0 Å². The molecule has 0 aliphatic carbocycles. The molecule has 31 heavy (non-hydrogen) atoms. The molecular weight excluding hydrogens is 412 g/mol. The highest BCUT2D eigenvalue weighted by molar-refractivity contribution is 7.89. The largest absolute Gasteiger partial charge is 0.350 e. The zero-order chi connectivity index (χ0) is 23.1. The monoisotopic (exact) mass is 442 g/mol. The van der Waals surface area contributed by atoms with Crippen LogP contribution in [-0.2, 0) is 23.6 Å². The van der Waals surface area contributed by atoms with E-state index in [1.165, 1.54) is 4.31 Å². The van der Waals surface area contributed by atoms with Crippen LogP contribution in [0, 0.1) is 20.8 Å². The number of hydrogen-bond donors (Lipinski definition) is 1. The molecule has 1 heterocycles. The van der Waals surface area contributed by atoms with Crippen molar-refractivity contribution in [2.24, 2.45) is 7.05 Å². The van der Waals surface area contributed by atoms with Gasteiger partial charge in [0.25, 0.3) is 5.91 Å². The highest BCUT2D eigenvalue weighted by Gasteiger charge is 2.25. The Bertz CT molecular complexity index is 1260. The Morgan fingerprint density at radius 1 is 1.10 bits per heavy atom. The van der Waals surface area contributed by atoms with Gasteiger partial charge in [-0.05, 0) is 75.6 Å². The molecule has 3 rings (SSSR count). The molecular formula is C23H30N4O3S. The van der Waals surface area contributed by atoms with Gasteiger partial charge in [-0.2, -0.15) is 4.31 Å². The zero-order valence-corrected chi connectivity index (χ0v) is 20.0. The molecule has 1 amide bonds. The number of benzene rings is 2. The second kappa shape index (κ2) is 8.43. The molecule has 0 fully saturated rings. The summed E-state index contributed by atoms with van der Waals surface area (Å²) in [6.45, 7) is 9.62. The van der Waals surface area contributed by atoms with E-state index in [1.54, 1.807) is 25.2 Å². The maximum Gasteiger partial charge on any atom is 0.251 e. The maximum atomic E-state index is 13.2. The summed E-state index contributed by atoms with van der Waals surface area (Å²) in [5.74, 6) is 0.443. The van der Waals surface area contributed by atoms with E-state index in [0.29, 0.717) is 21.8 Å². The summed E-state index contributed by atoms with van der Waals surface area (Å²) in [6.07, 6.45) is 0. The lowest BCUT2D eigenvalue weighted by atomic mass is 10.1. The summed E-state index contributed by atoms with van der Waals surface area (Å²) in [4.78, 5) is 17.2. The smallest absolute Gasteiger partial charge is 0.251 e. The van der Waals surface area contributed by atoms with Crippen molar-refractivity contribution in [1.82, 2.24) is 19.2 Å². The van der Waals surface area contributed by atoms with Gasteiger partial charge in [0.1, 0.15) is 5.82 Å². The van der Waals surface area contributed by atoms with E-state index in [-0.39, 0.29) is 18.5 Å². The third-order valence-electron chi connectivity index (χ3n) is 5.50. The number of sulfonamides is 1. The van der Waals surface area contributed by atoms with Crippen LogP contribution in [0.15, 0.2) is 35.2 Å².